The SMILES string of the molecule is O[C@H](COCc1ccc(Cl)cc1)Cn1nnc(-c2cccnc2)n1. The van der Waals surface area contributed by atoms with Gasteiger partial charge >= 0.3 is 0 Å². The quantitative estimate of drug-likeness (QED) is 0.704. The molecule has 0 bridgehead atoms. The van der Waals surface area contributed by atoms with Crippen molar-refractivity contribution in [3.63, 3.8) is 0 Å². The molecular formula is C16H16ClN5O2. The number of aliphatic hydroxyl groups is 1. The van der Waals surface area contributed by atoms with Gasteiger partial charge in [-0.2, -0.15) is 4.80 Å². The van der Waals surface area contributed by atoms with E-state index in [1.54, 1.807) is 30.6 Å². The van der Waals surface area contributed by atoms with Crippen LogP contribution in [-0.4, -0.2) is 43.0 Å². The van der Waals surface area contributed by atoms with Crippen LogP contribution >= 0.6 is 11.6 Å². The summed E-state index contributed by atoms with van der Waals surface area (Å²) in [6.45, 7) is 0.778. The first kappa shape index (κ1) is 16.5. The molecule has 2 aromatic heterocycles. The molecular weight excluding hydrogens is 330 g/mol. The van der Waals surface area contributed by atoms with E-state index in [-0.39, 0.29) is 13.2 Å². The first-order valence-corrected chi connectivity index (χ1v) is 7.77. The molecule has 0 aliphatic carbocycles. The van der Waals surface area contributed by atoms with Crippen LogP contribution in [0.25, 0.3) is 11.4 Å². The van der Waals surface area contributed by atoms with Crippen LogP contribution < -0.4 is 0 Å². The average molecular weight is 346 g/mol. The van der Waals surface area contributed by atoms with Gasteiger partial charge in [0.25, 0.3) is 0 Å². The monoisotopic (exact) mass is 345 g/mol. The highest BCUT2D eigenvalue weighted by Gasteiger charge is 2.10. The number of halogens is 1. The van der Waals surface area contributed by atoms with E-state index < -0.39 is 6.10 Å². The average Bonchev–Trinajstić information content (AvgIpc) is 3.06. The first-order chi connectivity index (χ1) is 11.7. The molecule has 3 aromatic rings. The minimum atomic E-state index is -0.728. The molecule has 1 N–H and O–H groups in total. The highest BCUT2D eigenvalue weighted by molar-refractivity contribution is 6.30. The number of aliphatic hydroxyl groups excluding tert-OH is 1. The van der Waals surface area contributed by atoms with E-state index in [2.05, 4.69) is 20.4 Å². The van der Waals surface area contributed by atoms with Gasteiger partial charge in [-0.15, -0.1) is 10.2 Å². The largest absolute Gasteiger partial charge is 0.389 e. The minimum Gasteiger partial charge on any atom is -0.389 e. The molecule has 3 rings (SSSR count). The Morgan fingerprint density at radius 2 is 2.04 bits per heavy atom. The predicted molar refractivity (Wildman–Crippen MR) is 88.2 cm³/mol. The van der Waals surface area contributed by atoms with Crippen LogP contribution in [0.4, 0.5) is 0 Å². The van der Waals surface area contributed by atoms with Crippen molar-refractivity contribution in [3.05, 3.63) is 59.4 Å². The molecule has 1 atom stereocenters. The van der Waals surface area contributed by atoms with Gasteiger partial charge in [0.1, 0.15) is 0 Å². The minimum absolute atomic E-state index is 0.173. The fourth-order valence-corrected chi connectivity index (χ4v) is 2.19. The number of rotatable bonds is 7. The molecule has 0 saturated carbocycles. The summed E-state index contributed by atoms with van der Waals surface area (Å²) in [6.07, 6.45) is 2.61. The van der Waals surface area contributed by atoms with Crippen LogP contribution in [0.1, 0.15) is 5.56 Å². The lowest BCUT2D eigenvalue weighted by atomic mass is 10.2. The van der Waals surface area contributed by atoms with Crippen LogP contribution in [0.15, 0.2) is 48.8 Å². The van der Waals surface area contributed by atoms with Crippen molar-refractivity contribution in [1.29, 1.82) is 0 Å². The third-order valence-corrected chi connectivity index (χ3v) is 3.49. The number of ether oxygens (including phenoxy) is 1. The number of tetrazole rings is 1. The van der Waals surface area contributed by atoms with Crippen molar-refractivity contribution >= 4 is 11.6 Å². The van der Waals surface area contributed by atoms with Crippen molar-refractivity contribution in [2.45, 2.75) is 19.3 Å². The van der Waals surface area contributed by atoms with Crippen LogP contribution in [0.5, 0.6) is 0 Å². The summed E-state index contributed by atoms with van der Waals surface area (Å²) < 4.78 is 5.49. The maximum Gasteiger partial charge on any atom is 0.206 e. The lowest BCUT2D eigenvalue weighted by Crippen LogP contribution is -2.23. The zero-order valence-electron chi connectivity index (χ0n) is 12.8. The molecule has 24 heavy (non-hydrogen) atoms. The van der Waals surface area contributed by atoms with E-state index in [4.69, 9.17) is 16.3 Å². The van der Waals surface area contributed by atoms with Crippen molar-refractivity contribution in [2.75, 3.05) is 6.61 Å². The number of hydrogen-bond acceptors (Lipinski definition) is 6. The van der Waals surface area contributed by atoms with E-state index in [9.17, 15) is 5.11 Å². The Hall–Kier alpha value is -2.35. The van der Waals surface area contributed by atoms with Crippen molar-refractivity contribution in [3.8, 4) is 11.4 Å². The van der Waals surface area contributed by atoms with Gasteiger partial charge in [-0.1, -0.05) is 23.7 Å². The molecule has 0 aliphatic heterocycles. The number of benzene rings is 1. The lowest BCUT2D eigenvalue weighted by molar-refractivity contribution is 0.0165. The molecule has 0 unspecified atom stereocenters. The van der Waals surface area contributed by atoms with Gasteiger partial charge in [-0.05, 0) is 35.0 Å². The second kappa shape index (κ2) is 7.96. The summed E-state index contributed by atoms with van der Waals surface area (Å²) >= 11 is 5.83. The molecule has 0 saturated heterocycles. The Bertz CT molecular complexity index is 764. The van der Waals surface area contributed by atoms with E-state index in [0.29, 0.717) is 17.5 Å². The van der Waals surface area contributed by atoms with Gasteiger partial charge in [0.05, 0.1) is 25.9 Å². The maximum atomic E-state index is 10.0. The Balaban J connectivity index is 1.47. The van der Waals surface area contributed by atoms with Crippen LogP contribution in [-0.2, 0) is 17.9 Å². The van der Waals surface area contributed by atoms with Crippen LogP contribution in [0.3, 0.4) is 0 Å². The van der Waals surface area contributed by atoms with Gasteiger partial charge in [-0.25, -0.2) is 0 Å². The van der Waals surface area contributed by atoms with E-state index in [1.165, 1.54) is 4.80 Å². The molecule has 1 aromatic carbocycles. The van der Waals surface area contributed by atoms with E-state index >= 15 is 0 Å². The smallest absolute Gasteiger partial charge is 0.206 e. The Labute approximate surface area is 143 Å². The summed E-state index contributed by atoms with van der Waals surface area (Å²) in [5.41, 5.74) is 1.77. The fourth-order valence-electron chi connectivity index (χ4n) is 2.07. The number of pyridine rings is 1. The molecule has 8 heteroatoms. The zero-order valence-corrected chi connectivity index (χ0v) is 13.5. The van der Waals surface area contributed by atoms with Crippen molar-refractivity contribution in [2.24, 2.45) is 0 Å². The Morgan fingerprint density at radius 1 is 1.21 bits per heavy atom. The number of aromatic nitrogens is 5. The summed E-state index contributed by atoms with van der Waals surface area (Å²) in [6, 6.07) is 11.0. The van der Waals surface area contributed by atoms with Crippen molar-refractivity contribution < 1.29 is 9.84 Å². The van der Waals surface area contributed by atoms with Gasteiger partial charge in [0.2, 0.25) is 5.82 Å². The van der Waals surface area contributed by atoms with Gasteiger partial charge in [-0.3, -0.25) is 4.98 Å². The summed E-state index contributed by atoms with van der Waals surface area (Å²) in [4.78, 5) is 5.36. The van der Waals surface area contributed by atoms with Gasteiger partial charge < -0.3 is 9.84 Å². The molecule has 124 valence electrons. The molecule has 2 heterocycles. The zero-order chi connectivity index (χ0) is 16.8. The molecule has 0 fully saturated rings. The lowest BCUT2D eigenvalue weighted by Gasteiger charge is -2.10. The highest BCUT2D eigenvalue weighted by atomic mass is 35.5. The molecule has 0 aliphatic rings. The van der Waals surface area contributed by atoms with Gasteiger partial charge in [0, 0.05) is 23.0 Å². The third kappa shape index (κ3) is 4.58. The topological polar surface area (TPSA) is 86.0 Å². The highest BCUT2D eigenvalue weighted by Crippen LogP contribution is 2.11. The number of hydrogen-bond donors (Lipinski definition) is 1. The van der Waals surface area contributed by atoms with E-state index in [1.807, 2.05) is 18.2 Å². The normalized spacial score (nSPS) is 12.2. The summed E-state index contributed by atoms with van der Waals surface area (Å²) in [7, 11) is 0. The first-order valence-electron chi connectivity index (χ1n) is 7.39. The third-order valence-electron chi connectivity index (χ3n) is 3.24. The molecule has 7 nitrogen and oxygen atoms in total. The standard InChI is InChI=1S/C16H16ClN5O2/c17-14-5-3-12(4-6-14)10-24-11-15(23)9-22-20-16(19-21-22)13-2-1-7-18-8-13/h1-8,15,23H,9-11H2/t15-/m0/s1. The van der Waals surface area contributed by atoms with Gasteiger partial charge in [0.15, 0.2) is 0 Å². The predicted octanol–water partition coefficient (Wildman–Crippen LogP) is 1.97. The second-order valence-electron chi connectivity index (χ2n) is 5.21. The fraction of sp³-hybridized carbons (Fsp3) is 0.250. The van der Waals surface area contributed by atoms with Crippen LogP contribution in [0.2, 0.25) is 5.02 Å². The van der Waals surface area contributed by atoms with Crippen molar-refractivity contribution in [1.82, 2.24) is 25.2 Å². The van der Waals surface area contributed by atoms with Crippen LogP contribution in [0, 0.1) is 0 Å². The second-order valence-corrected chi connectivity index (χ2v) is 5.64. The number of nitrogens with zero attached hydrogens (tertiary/aromatic N) is 5. The molecule has 0 spiro atoms. The summed E-state index contributed by atoms with van der Waals surface area (Å²) in [5.74, 6) is 0.470. The Morgan fingerprint density at radius 3 is 2.79 bits per heavy atom. The maximum absolute atomic E-state index is 10.0. The van der Waals surface area contributed by atoms with E-state index in [0.717, 1.165) is 11.1 Å². The summed E-state index contributed by atoms with van der Waals surface area (Å²) in [5, 5.41) is 22.8. The Kier molecular flexibility index (Phi) is 5.47. The molecule has 0 amide bonds. The molecule has 0 radical (unpaired) electrons.